The summed E-state index contributed by atoms with van der Waals surface area (Å²) >= 11 is 0. The van der Waals surface area contributed by atoms with Crippen molar-refractivity contribution in [1.29, 1.82) is 0 Å². The van der Waals surface area contributed by atoms with Crippen LogP contribution in [0.25, 0.3) is 0 Å². The van der Waals surface area contributed by atoms with E-state index in [-0.39, 0.29) is 6.10 Å². The second-order valence-corrected chi connectivity index (χ2v) is 7.60. The molecule has 1 aromatic rings. The predicted octanol–water partition coefficient (Wildman–Crippen LogP) is 0.531. The molecule has 2 fully saturated rings. The molecular weight excluding hydrogens is 342 g/mol. The lowest BCUT2D eigenvalue weighted by atomic mass is 10.2. The van der Waals surface area contributed by atoms with Gasteiger partial charge >= 0.3 is 0 Å². The second kappa shape index (κ2) is 9.85. The van der Waals surface area contributed by atoms with Gasteiger partial charge in [-0.05, 0) is 12.0 Å². The SMILES string of the molecule is CN=C(NCC1CN(CC(C)C)CCO1)N1CCN(c2ncccn2)CC1. The van der Waals surface area contributed by atoms with Crippen molar-refractivity contribution in [2.24, 2.45) is 10.9 Å². The molecule has 150 valence electrons. The zero-order valence-electron chi connectivity index (χ0n) is 16.8. The average molecular weight is 376 g/mol. The summed E-state index contributed by atoms with van der Waals surface area (Å²) < 4.78 is 5.94. The topological polar surface area (TPSA) is 69.1 Å². The number of guanidine groups is 1. The molecule has 0 amide bonds. The smallest absolute Gasteiger partial charge is 0.225 e. The van der Waals surface area contributed by atoms with E-state index in [1.807, 2.05) is 13.1 Å². The molecule has 0 saturated carbocycles. The van der Waals surface area contributed by atoms with Crippen molar-refractivity contribution in [3.63, 3.8) is 0 Å². The van der Waals surface area contributed by atoms with Gasteiger partial charge in [0, 0.05) is 71.8 Å². The quantitative estimate of drug-likeness (QED) is 0.595. The Morgan fingerprint density at radius 2 is 1.96 bits per heavy atom. The Hall–Kier alpha value is -1.93. The summed E-state index contributed by atoms with van der Waals surface area (Å²) in [5, 5.41) is 3.51. The molecule has 1 atom stereocenters. The van der Waals surface area contributed by atoms with Crippen LogP contribution in [0.1, 0.15) is 13.8 Å². The number of hydrogen-bond donors (Lipinski definition) is 1. The lowest BCUT2D eigenvalue weighted by molar-refractivity contribution is -0.0286. The first kappa shape index (κ1) is 19.8. The summed E-state index contributed by atoms with van der Waals surface area (Å²) in [6.45, 7) is 12.9. The second-order valence-electron chi connectivity index (χ2n) is 7.60. The average Bonchev–Trinajstić information content (AvgIpc) is 2.69. The van der Waals surface area contributed by atoms with Gasteiger partial charge in [-0.1, -0.05) is 13.8 Å². The number of hydrogen-bond acceptors (Lipinski definition) is 6. The molecule has 3 heterocycles. The number of ether oxygens (including phenoxy) is 1. The molecule has 27 heavy (non-hydrogen) atoms. The number of piperazine rings is 1. The molecule has 0 bridgehead atoms. The van der Waals surface area contributed by atoms with E-state index in [0.717, 1.165) is 70.9 Å². The largest absolute Gasteiger partial charge is 0.374 e. The normalized spacial score (nSPS) is 22.4. The molecular formula is C19H33N7O. The van der Waals surface area contributed by atoms with E-state index in [1.165, 1.54) is 0 Å². The Labute approximate surface area is 162 Å². The highest BCUT2D eigenvalue weighted by atomic mass is 16.5. The maximum atomic E-state index is 5.94. The number of anilines is 1. The summed E-state index contributed by atoms with van der Waals surface area (Å²) in [6, 6.07) is 1.85. The van der Waals surface area contributed by atoms with E-state index < -0.39 is 0 Å². The fourth-order valence-corrected chi connectivity index (χ4v) is 3.70. The van der Waals surface area contributed by atoms with Crippen LogP contribution in [-0.2, 0) is 4.74 Å². The fraction of sp³-hybridized carbons (Fsp3) is 0.737. The van der Waals surface area contributed by atoms with Gasteiger partial charge in [0.2, 0.25) is 5.95 Å². The number of nitrogens with zero attached hydrogens (tertiary/aromatic N) is 6. The van der Waals surface area contributed by atoms with Crippen molar-refractivity contribution in [3.8, 4) is 0 Å². The monoisotopic (exact) mass is 375 g/mol. The first-order valence-corrected chi connectivity index (χ1v) is 9.97. The third-order valence-corrected chi connectivity index (χ3v) is 4.96. The third kappa shape index (κ3) is 5.77. The van der Waals surface area contributed by atoms with Crippen LogP contribution in [-0.4, -0.2) is 97.8 Å². The van der Waals surface area contributed by atoms with Gasteiger partial charge in [0.05, 0.1) is 12.7 Å². The lowest BCUT2D eigenvalue weighted by Gasteiger charge is -2.38. The van der Waals surface area contributed by atoms with Crippen molar-refractivity contribution >= 4 is 11.9 Å². The molecule has 8 heteroatoms. The van der Waals surface area contributed by atoms with Crippen molar-refractivity contribution in [1.82, 2.24) is 25.1 Å². The maximum Gasteiger partial charge on any atom is 0.225 e. The van der Waals surface area contributed by atoms with E-state index in [9.17, 15) is 0 Å². The Morgan fingerprint density at radius 3 is 2.63 bits per heavy atom. The van der Waals surface area contributed by atoms with Crippen LogP contribution in [0.3, 0.4) is 0 Å². The lowest BCUT2D eigenvalue weighted by Crippen LogP contribution is -2.55. The molecule has 2 saturated heterocycles. The molecule has 8 nitrogen and oxygen atoms in total. The van der Waals surface area contributed by atoms with Gasteiger partial charge in [0.25, 0.3) is 0 Å². The minimum atomic E-state index is 0.216. The molecule has 2 aliphatic rings. The third-order valence-electron chi connectivity index (χ3n) is 4.96. The van der Waals surface area contributed by atoms with Gasteiger partial charge in [0.1, 0.15) is 0 Å². The Kier molecular flexibility index (Phi) is 7.23. The molecule has 0 aromatic carbocycles. The van der Waals surface area contributed by atoms with Crippen molar-refractivity contribution in [2.45, 2.75) is 20.0 Å². The van der Waals surface area contributed by atoms with Crippen molar-refractivity contribution in [2.75, 3.05) is 70.9 Å². The van der Waals surface area contributed by atoms with Gasteiger partial charge < -0.3 is 19.9 Å². The summed E-state index contributed by atoms with van der Waals surface area (Å²) in [5.41, 5.74) is 0. The minimum absolute atomic E-state index is 0.216. The Bertz CT molecular complexity index is 587. The highest BCUT2D eigenvalue weighted by molar-refractivity contribution is 5.80. The Morgan fingerprint density at radius 1 is 1.22 bits per heavy atom. The molecule has 1 aromatic heterocycles. The van der Waals surface area contributed by atoms with Crippen LogP contribution in [0.2, 0.25) is 0 Å². The van der Waals surface area contributed by atoms with E-state index in [4.69, 9.17) is 4.74 Å². The van der Waals surface area contributed by atoms with Crippen LogP contribution >= 0.6 is 0 Å². The maximum absolute atomic E-state index is 5.94. The van der Waals surface area contributed by atoms with Gasteiger partial charge in [-0.25, -0.2) is 9.97 Å². The van der Waals surface area contributed by atoms with Gasteiger partial charge in [-0.3, -0.25) is 9.89 Å². The van der Waals surface area contributed by atoms with Crippen LogP contribution in [0.15, 0.2) is 23.5 Å². The van der Waals surface area contributed by atoms with E-state index in [1.54, 1.807) is 12.4 Å². The number of rotatable bonds is 5. The highest BCUT2D eigenvalue weighted by Crippen LogP contribution is 2.11. The summed E-state index contributed by atoms with van der Waals surface area (Å²) in [7, 11) is 1.85. The number of aliphatic imine (C=N–C) groups is 1. The molecule has 0 radical (unpaired) electrons. The molecule has 1 unspecified atom stereocenters. The van der Waals surface area contributed by atoms with Crippen LogP contribution in [0.5, 0.6) is 0 Å². The first-order valence-electron chi connectivity index (χ1n) is 9.97. The molecule has 2 aliphatic heterocycles. The van der Waals surface area contributed by atoms with Crippen molar-refractivity contribution in [3.05, 3.63) is 18.5 Å². The molecule has 0 spiro atoms. The summed E-state index contributed by atoms with van der Waals surface area (Å²) in [4.78, 5) is 20.2. The molecule has 1 N–H and O–H groups in total. The summed E-state index contributed by atoms with van der Waals surface area (Å²) in [6.07, 6.45) is 3.80. The van der Waals surface area contributed by atoms with Gasteiger partial charge in [0.15, 0.2) is 5.96 Å². The van der Waals surface area contributed by atoms with Gasteiger partial charge in [-0.2, -0.15) is 0 Å². The van der Waals surface area contributed by atoms with Crippen LogP contribution < -0.4 is 10.2 Å². The fourth-order valence-electron chi connectivity index (χ4n) is 3.70. The standard InChI is InChI=1S/C19H33N7O/c1-16(2)14-24-11-12-27-17(15-24)13-23-18(20-3)25-7-9-26(10-8-25)19-21-5-4-6-22-19/h4-6,16-17H,7-15H2,1-3H3,(H,20,23). The van der Waals surface area contributed by atoms with E-state index in [2.05, 4.69) is 48.8 Å². The Balaban J connectivity index is 1.44. The van der Waals surface area contributed by atoms with Gasteiger partial charge in [-0.15, -0.1) is 0 Å². The minimum Gasteiger partial charge on any atom is -0.374 e. The number of nitrogens with one attached hydrogen (secondary N) is 1. The van der Waals surface area contributed by atoms with Crippen LogP contribution in [0, 0.1) is 5.92 Å². The number of aromatic nitrogens is 2. The van der Waals surface area contributed by atoms with E-state index in [0.29, 0.717) is 5.92 Å². The van der Waals surface area contributed by atoms with E-state index >= 15 is 0 Å². The number of morpholine rings is 1. The first-order chi connectivity index (χ1) is 13.2. The molecule has 3 rings (SSSR count). The zero-order valence-corrected chi connectivity index (χ0v) is 16.8. The molecule has 0 aliphatic carbocycles. The van der Waals surface area contributed by atoms with Crippen LogP contribution in [0.4, 0.5) is 5.95 Å². The summed E-state index contributed by atoms with van der Waals surface area (Å²) in [5.74, 6) is 2.45. The highest BCUT2D eigenvalue weighted by Gasteiger charge is 2.24. The zero-order chi connectivity index (χ0) is 19.1. The predicted molar refractivity (Wildman–Crippen MR) is 108 cm³/mol. The van der Waals surface area contributed by atoms with Crippen molar-refractivity contribution < 1.29 is 4.74 Å².